The van der Waals surface area contributed by atoms with Crippen molar-refractivity contribution in [3.8, 4) is 0 Å². The largest absolute Gasteiger partial charge is 0.350 e. The summed E-state index contributed by atoms with van der Waals surface area (Å²) < 4.78 is 0. The lowest BCUT2D eigenvalue weighted by molar-refractivity contribution is 0.249. The van der Waals surface area contributed by atoms with Gasteiger partial charge in [0.05, 0.1) is 5.71 Å². The molecule has 1 rings (SSSR count). The molecular weight excluding hydrogens is 202 g/mol. The highest BCUT2D eigenvalue weighted by Gasteiger charge is 2.08. The average molecular weight is 219 g/mol. The van der Waals surface area contributed by atoms with E-state index < -0.39 is 6.03 Å². The van der Waals surface area contributed by atoms with E-state index in [1.165, 1.54) is 5.56 Å². The van der Waals surface area contributed by atoms with Crippen molar-refractivity contribution in [2.24, 2.45) is 16.8 Å². The topological polar surface area (TPSA) is 67.5 Å². The van der Waals surface area contributed by atoms with Crippen molar-refractivity contribution in [1.29, 1.82) is 0 Å². The van der Waals surface area contributed by atoms with E-state index in [1.807, 2.05) is 45.0 Å². The van der Waals surface area contributed by atoms with Crippen LogP contribution in [0.1, 0.15) is 25.0 Å². The van der Waals surface area contributed by atoms with Gasteiger partial charge in [0.1, 0.15) is 0 Å². The van der Waals surface area contributed by atoms with Crippen molar-refractivity contribution in [2.45, 2.75) is 20.8 Å². The summed E-state index contributed by atoms with van der Waals surface area (Å²) in [7, 11) is 0. The molecule has 3 N–H and O–H groups in total. The zero-order chi connectivity index (χ0) is 12.1. The summed E-state index contributed by atoms with van der Waals surface area (Å²) in [5.41, 5.74) is 10.3. The first-order chi connectivity index (χ1) is 7.50. The number of hydrogen-bond acceptors (Lipinski definition) is 2. The van der Waals surface area contributed by atoms with Crippen molar-refractivity contribution < 1.29 is 4.79 Å². The molecule has 0 unspecified atom stereocenters. The van der Waals surface area contributed by atoms with Crippen LogP contribution in [0.5, 0.6) is 0 Å². The molecule has 0 heterocycles. The van der Waals surface area contributed by atoms with Crippen LogP contribution in [0.15, 0.2) is 29.4 Å². The van der Waals surface area contributed by atoms with Gasteiger partial charge in [-0.3, -0.25) is 0 Å². The first-order valence-electron chi connectivity index (χ1n) is 5.20. The van der Waals surface area contributed by atoms with Crippen LogP contribution in [-0.2, 0) is 0 Å². The van der Waals surface area contributed by atoms with Gasteiger partial charge in [-0.05, 0) is 18.4 Å². The maximum absolute atomic E-state index is 10.6. The molecule has 16 heavy (non-hydrogen) atoms. The first-order valence-corrected chi connectivity index (χ1v) is 5.20. The second kappa shape index (κ2) is 5.30. The molecular formula is C12H17N3O. The van der Waals surface area contributed by atoms with Crippen molar-refractivity contribution in [3.05, 3.63) is 35.4 Å². The molecule has 0 spiro atoms. The summed E-state index contributed by atoms with van der Waals surface area (Å²) in [6.07, 6.45) is 0. The van der Waals surface area contributed by atoms with Gasteiger partial charge in [-0.25, -0.2) is 10.2 Å². The van der Waals surface area contributed by atoms with Gasteiger partial charge in [-0.2, -0.15) is 5.10 Å². The number of urea groups is 1. The molecule has 1 aromatic carbocycles. The molecule has 0 radical (unpaired) electrons. The van der Waals surface area contributed by atoms with Crippen LogP contribution in [0.3, 0.4) is 0 Å². The van der Waals surface area contributed by atoms with Crippen molar-refractivity contribution >= 4 is 11.7 Å². The smallest absolute Gasteiger partial charge is 0.332 e. The summed E-state index contributed by atoms with van der Waals surface area (Å²) >= 11 is 0. The second-order valence-electron chi connectivity index (χ2n) is 3.99. The van der Waals surface area contributed by atoms with Gasteiger partial charge in [0.15, 0.2) is 0 Å². The van der Waals surface area contributed by atoms with Crippen LogP contribution in [0.25, 0.3) is 0 Å². The van der Waals surface area contributed by atoms with Gasteiger partial charge >= 0.3 is 6.03 Å². The predicted molar refractivity (Wildman–Crippen MR) is 65.3 cm³/mol. The van der Waals surface area contributed by atoms with E-state index in [1.54, 1.807) is 0 Å². The normalized spacial score (nSPS) is 11.6. The number of primary amides is 1. The number of nitrogens with zero attached hydrogens (tertiary/aromatic N) is 1. The Morgan fingerprint density at radius 3 is 2.31 bits per heavy atom. The third-order valence-corrected chi connectivity index (χ3v) is 2.18. The van der Waals surface area contributed by atoms with Gasteiger partial charge in [-0.1, -0.05) is 43.7 Å². The average Bonchev–Trinajstić information content (AvgIpc) is 2.20. The Hall–Kier alpha value is -1.84. The monoisotopic (exact) mass is 219 g/mol. The highest BCUT2D eigenvalue weighted by atomic mass is 16.2. The number of hydrazone groups is 1. The molecule has 0 saturated carbocycles. The number of benzene rings is 1. The Morgan fingerprint density at radius 1 is 1.31 bits per heavy atom. The summed E-state index contributed by atoms with van der Waals surface area (Å²) in [6.45, 7) is 6.06. The number of amides is 2. The van der Waals surface area contributed by atoms with Gasteiger partial charge in [0.2, 0.25) is 0 Å². The third kappa shape index (κ3) is 3.38. The van der Waals surface area contributed by atoms with Crippen molar-refractivity contribution in [3.63, 3.8) is 0 Å². The molecule has 2 amide bonds. The Balaban J connectivity index is 2.98. The standard InChI is InChI=1S/C12H17N3O/c1-8(2)11(14-15-12(13)16)10-6-4-9(3)5-7-10/h4-8H,1-3H3,(H3,13,15,16). The molecule has 0 fully saturated rings. The Morgan fingerprint density at radius 2 is 1.88 bits per heavy atom. The molecule has 0 aliphatic carbocycles. The summed E-state index contributed by atoms with van der Waals surface area (Å²) in [5, 5.41) is 4.01. The number of nitrogens with one attached hydrogen (secondary N) is 1. The zero-order valence-corrected chi connectivity index (χ0v) is 9.82. The fourth-order valence-electron chi connectivity index (χ4n) is 1.37. The van der Waals surface area contributed by atoms with Gasteiger partial charge in [0, 0.05) is 0 Å². The van der Waals surface area contributed by atoms with Crippen LogP contribution >= 0.6 is 0 Å². The van der Waals surface area contributed by atoms with Crippen LogP contribution in [0.2, 0.25) is 0 Å². The van der Waals surface area contributed by atoms with Gasteiger partial charge < -0.3 is 5.73 Å². The Labute approximate surface area is 95.5 Å². The number of aryl methyl sites for hydroxylation is 1. The second-order valence-corrected chi connectivity index (χ2v) is 3.99. The minimum atomic E-state index is -0.648. The van der Waals surface area contributed by atoms with E-state index in [-0.39, 0.29) is 5.92 Å². The molecule has 4 nitrogen and oxygen atoms in total. The van der Waals surface area contributed by atoms with E-state index in [0.29, 0.717) is 0 Å². The molecule has 0 aliphatic rings. The van der Waals surface area contributed by atoms with Crippen LogP contribution in [-0.4, -0.2) is 11.7 Å². The van der Waals surface area contributed by atoms with E-state index in [0.717, 1.165) is 11.3 Å². The lowest BCUT2D eigenvalue weighted by Crippen LogP contribution is -2.27. The molecule has 0 bridgehead atoms. The fourth-order valence-corrected chi connectivity index (χ4v) is 1.37. The minimum Gasteiger partial charge on any atom is -0.350 e. The lowest BCUT2D eigenvalue weighted by atomic mass is 9.99. The van der Waals surface area contributed by atoms with Gasteiger partial charge in [-0.15, -0.1) is 0 Å². The highest BCUT2D eigenvalue weighted by Crippen LogP contribution is 2.10. The number of nitrogens with two attached hydrogens (primary N) is 1. The summed E-state index contributed by atoms with van der Waals surface area (Å²) in [5.74, 6) is 0.217. The maximum Gasteiger partial charge on any atom is 0.332 e. The molecule has 86 valence electrons. The minimum absolute atomic E-state index is 0.217. The van der Waals surface area contributed by atoms with Crippen LogP contribution < -0.4 is 11.2 Å². The summed E-state index contributed by atoms with van der Waals surface area (Å²) in [4.78, 5) is 10.6. The number of rotatable bonds is 3. The quantitative estimate of drug-likeness (QED) is 0.592. The van der Waals surface area contributed by atoms with Gasteiger partial charge in [0.25, 0.3) is 0 Å². The summed E-state index contributed by atoms with van der Waals surface area (Å²) in [6, 6.07) is 7.34. The molecule has 0 aliphatic heterocycles. The predicted octanol–water partition coefficient (Wildman–Crippen LogP) is 2.02. The SMILES string of the molecule is Cc1ccc(C(=NNC(N)=O)C(C)C)cc1. The van der Waals surface area contributed by atoms with E-state index >= 15 is 0 Å². The van der Waals surface area contributed by atoms with E-state index in [4.69, 9.17) is 5.73 Å². The fraction of sp³-hybridized carbons (Fsp3) is 0.333. The lowest BCUT2D eigenvalue weighted by Gasteiger charge is -2.10. The van der Waals surface area contributed by atoms with E-state index in [9.17, 15) is 4.79 Å². The highest BCUT2D eigenvalue weighted by molar-refractivity contribution is 6.02. The van der Waals surface area contributed by atoms with Crippen LogP contribution in [0.4, 0.5) is 4.79 Å². The van der Waals surface area contributed by atoms with Crippen molar-refractivity contribution in [2.75, 3.05) is 0 Å². The van der Waals surface area contributed by atoms with E-state index in [2.05, 4.69) is 10.5 Å². The van der Waals surface area contributed by atoms with Crippen molar-refractivity contribution in [1.82, 2.24) is 5.43 Å². The third-order valence-electron chi connectivity index (χ3n) is 2.18. The molecule has 4 heteroatoms. The molecule has 0 atom stereocenters. The molecule has 0 aromatic heterocycles. The number of hydrogen-bond donors (Lipinski definition) is 2. The number of carbonyl (C=O) groups is 1. The Kier molecular flexibility index (Phi) is 4.05. The number of carbonyl (C=O) groups excluding carboxylic acids is 1. The Bertz CT molecular complexity index is 393. The molecule has 1 aromatic rings. The molecule has 0 saturated heterocycles. The van der Waals surface area contributed by atoms with Crippen LogP contribution in [0, 0.1) is 12.8 Å². The first kappa shape index (κ1) is 12.2. The maximum atomic E-state index is 10.6. The zero-order valence-electron chi connectivity index (χ0n) is 9.82.